The van der Waals surface area contributed by atoms with E-state index in [9.17, 15) is 4.79 Å². The van der Waals surface area contributed by atoms with E-state index < -0.39 is 0 Å². The number of amides is 1. The largest absolute Gasteiger partial charge is 0.496 e. The Morgan fingerprint density at radius 1 is 1.38 bits per heavy atom. The van der Waals surface area contributed by atoms with Crippen molar-refractivity contribution in [1.82, 2.24) is 9.80 Å². The highest BCUT2D eigenvalue weighted by molar-refractivity contribution is 7.80. The molecule has 0 saturated heterocycles. The Kier molecular flexibility index (Phi) is 6.58. The Hall–Kier alpha value is -1.66. The van der Waals surface area contributed by atoms with Gasteiger partial charge in [0.1, 0.15) is 10.7 Å². The van der Waals surface area contributed by atoms with Crippen LogP contribution < -0.4 is 10.5 Å². The summed E-state index contributed by atoms with van der Waals surface area (Å²) in [5.41, 5.74) is 7.44. The van der Waals surface area contributed by atoms with Crippen LogP contribution in [0.1, 0.15) is 18.1 Å². The topological polar surface area (TPSA) is 58.8 Å². The van der Waals surface area contributed by atoms with Gasteiger partial charge in [0, 0.05) is 31.8 Å². The summed E-state index contributed by atoms with van der Waals surface area (Å²) in [6.45, 7) is 3.76. The van der Waals surface area contributed by atoms with Crippen LogP contribution in [0.3, 0.4) is 0 Å². The molecule has 1 aromatic rings. The summed E-state index contributed by atoms with van der Waals surface area (Å²) in [5, 5.41) is 0. The summed E-state index contributed by atoms with van der Waals surface area (Å²) in [7, 11) is 5.13. The highest BCUT2D eigenvalue weighted by atomic mass is 32.1. The first-order valence-electron chi connectivity index (χ1n) is 6.78. The van der Waals surface area contributed by atoms with E-state index in [0.717, 1.165) is 23.4 Å². The van der Waals surface area contributed by atoms with Gasteiger partial charge < -0.3 is 15.4 Å². The van der Waals surface area contributed by atoms with Crippen LogP contribution in [0.2, 0.25) is 0 Å². The standard InChI is InChI=1S/C15H23N3O2S/c1-5-18(10-14(19)17(2)3)9-12-8-11(15(16)21)6-7-13(12)20-4/h6-8H,5,9-10H2,1-4H3,(H2,16,21). The van der Waals surface area contributed by atoms with Crippen molar-refractivity contribution in [2.24, 2.45) is 5.73 Å². The number of thiocarbonyl (C=S) groups is 1. The Morgan fingerprint density at radius 2 is 2.05 bits per heavy atom. The molecule has 1 aromatic carbocycles. The zero-order chi connectivity index (χ0) is 16.0. The van der Waals surface area contributed by atoms with Gasteiger partial charge in [-0.1, -0.05) is 19.1 Å². The van der Waals surface area contributed by atoms with E-state index in [-0.39, 0.29) is 5.91 Å². The van der Waals surface area contributed by atoms with Gasteiger partial charge in [-0.2, -0.15) is 0 Å². The van der Waals surface area contributed by atoms with Crippen molar-refractivity contribution in [2.75, 3.05) is 34.3 Å². The molecule has 1 rings (SSSR count). The predicted octanol–water partition coefficient (Wildman–Crippen LogP) is 1.24. The van der Waals surface area contributed by atoms with Crippen LogP contribution in [-0.2, 0) is 11.3 Å². The van der Waals surface area contributed by atoms with Crippen molar-refractivity contribution in [3.8, 4) is 5.75 Å². The summed E-state index contributed by atoms with van der Waals surface area (Å²) >= 11 is 5.01. The third-order valence-corrected chi connectivity index (χ3v) is 3.50. The number of carbonyl (C=O) groups is 1. The molecule has 0 unspecified atom stereocenters. The fourth-order valence-corrected chi connectivity index (χ4v) is 2.04. The van der Waals surface area contributed by atoms with Crippen molar-refractivity contribution in [3.05, 3.63) is 29.3 Å². The lowest BCUT2D eigenvalue weighted by atomic mass is 10.1. The van der Waals surface area contributed by atoms with Gasteiger partial charge in [0.05, 0.1) is 13.7 Å². The lowest BCUT2D eigenvalue weighted by molar-refractivity contribution is -0.130. The number of rotatable bonds is 7. The zero-order valence-electron chi connectivity index (χ0n) is 13.0. The van der Waals surface area contributed by atoms with Gasteiger partial charge in [0.15, 0.2) is 0 Å². The molecule has 0 aliphatic carbocycles. The first-order valence-corrected chi connectivity index (χ1v) is 7.19. The van der Waals surface area contributed by atoms with Crippen LogP contribution in [0.5, 0.6) is 5.75 Å². The zero-order valence-corrected chi connectivity index (χ0v) is 13.9. The maximum atomic E-state index is 11.8. The quantitative estimate of drug-likeness (QED) is 0.768. The number of methoxy groups -OCH3 is 1. The molecule has 0 aromatic heterocycles. The minimum Gasteiger partial charge on any atom is -0.496 e. The summed E-state index contributed by atoms with van der Waals surface area (Å²) < 4.78 is 5.37. The van der Waals surface area contributed by atoms with Crippen LogP contribution in [-0.4, -0.2) is 55.0 Å². The average Bonchev–Trinajstić information content (AvgIpc) is 2.45. The molecule has 0 bridgehead atoms. The highest BCUT2D eigenvalue weighted by Gasteiger charge is 2.14. The summed E-state index contributed by atoms with van der Waals surface area (Å²) in [5.74, 6) is 0.840. The lowest BCUT2D eigenvalue weighted by Gasteiger charge is -2.23. The van der Waals surface area contributed by atoms with Gasteiger partial charge in [0.2, 0.25) is 5.91 Å². The van der Waals surface area contributed by atoms with Crippen LogP contribution in [0.25, 0.3) is 0 Å². The summed E-state index contributed by atoms with van der Waals surface area (Å²) in [4.78, 5) is 15.8. The number of nitrogens with two attached hydrogens (primary N) is 1. The predicted molar refractivity (Wildman–Crippen MR) is 88.5 cm³/mol. The Balaban J connectivity index is 2.94. The summed E-state index contributed by atoms with van der Waals surface area (Å²) in [6, 6.07) is 5.61. The smallest absolute Gasteiger partial charge is 0.236 e. The summed E-state index contributed by atoms with van der Waals surface area (Å²) in [6.07, 6.45) is 0. The number of ether oxygens (including phenoxy) is 1. The van der Waals surface area contributed by atoms with Crippen LogP contribution in [0.4, 0.5) is 0 Å². The third kappa shape index (κ3) is 4.99. The van der Waals surface area contributed by atoms with Gasteiger partial charge in [-0.25, -0.2) is 0 Å². The van der Waals surface area contributed by atoms with Gasteiger partial charge in [-0.15, -0.1) is 0 Å². The molecule has 21 heavy (non-hydrogen) atoms. The van der Waals surface area contributed by atoms with E-state index in [1.54, 1.807) is 26.1 Å². The molecular formula is C15H23N3O2S. The lowest BCUT2D eigenvalue weighted by Crippen LogP contribution is -2.36. The first-order chi connectivity index (χ1) is 9.88. The van der Waals surface area contributed by atoms with Crippen LogP contribution in [0.15, 0.2) is 18.2 Å². The Bertz CT molecular complexity index is 518. The maximum absolute atomic E-state index is 11.8. The van der Waals surface area contributed by atoms with E-state index >= 15 is 0 Å². The SMILES string of the molecule is CCN(CC(=O)N(C)C)Cc1cc(C(N)=S)ccc1OC. The number of benzene rings is 1. The highest BCUT2D eigenvalue weighted by Crippen LogP contribution is 2.21. The van der Waals surface area contributed by atoms with Crippen molar-refractivity contribution >= 4 is 23.1 Å². The minimum absolute atomic E-state index is 0.0707. The second kappa shape index (κ2) is 7.95. The molecule has 0 aliphatic rings. The van der Waals surface area contributed by atoms with E-state index in [0.29, 0.717) is 18.1 Å². The van der Waals surface area contributed by atoms with Gasteiger partial charge in [-0.3, -0.25) is 9.69 Å². The van der Waals surface area contributed by atoms with Crippen molar-refractivity contribution < 1.29 is 9.53 Å². The molecule has 0 aliphatic heterocycles. The molecule has 116 valence electrons. The molecule has 2 N–H and O–H groups in total. The van der Waals surface area contributed by atoms with E-state index in [1.807, 2.05) is 30.0 Å². The molecule has 0 saturated carbocycles. The molecular weight excluding hydrogens is 286 g/mol. The number of nitrogens with zero attached hydrogens (tertiary/aromatic N) is 2. The van der Waals surface area contributed by atoms with Crippen molar-refractivity contribution in [1.29, 1.82) is 0 Å². The molecule has 5 nitrogen and oxygen atoms in total. The first kappa shape index (κ1) is 17.4. The van der Waals surface area contributed by atoms with Crippen molar-refractivity contribution in [2.45, 2.75) is 13.5 Å². The van der Waals surface area contributed by atoms with Crippen LogP contribution >= 0.6 is 12.2 Å². The number of hydrogen-bond donors (Lipinski definition) is 1. The average molecular weight is 309 g/mol. The number of hydrogen-bond acceptors (Lipinski definition) is 4. The normalized spacial score (nSPS) is 10.5. The van der Waals surface area contributed by atoms with E-state index in [4.69, 9.17) is 22.7 Å². The number of carbonyl (C=O) groups excluding carboxylic acids is 1. The fraction of sp³-hybridized carbons (Fsp3) is 0.467. The monoisotopic (exact) mass is 309 g/mol. The van der Waals surface area contributed by atoms with E-state index in [1.165, 1.54) is 0 Å². The molecule has 0 radical (unpaired) electrons. The Labute approximate surface area is 131 Å². The molecule has 1 amide bonds. The van der Waals surface area contributed by atoms with E-state index in [2.05, 4.69) is 0 Å². The number of likely N-dealkylation sites (N-methyl/N-ethyl adjacent to an activating group) is 2. The maximum Gasteiger partial charge on any atom is 0.236 e. The molecule has 0 atom stereocenters. The minimum atomic E-state index is 0.0707. The van der Waals surface area contributed by atoms with Gasteiger partial charge in [0.25, 0.3) is 0 Å². The van der Waals surface area contributed by atoms with Crippen LogP contribution in [0, 0.1) is 0 Å². The third-order valence-electron chi connectivity index (χ3n) is 3.26. The molecule has 0 spiro atoms. The second-order valence-electron chi connectivity index (χ2n) is 4.98. The molecule has 0 heterocycles. The second-order valence-corrected chi connectivity index (χ2v) is 5.42. The molecule has 6 heteroatoms. The Morgan fingerprint density at radius 3 is 2.52 bits per heavy atom. The molecule has 0 fully saturated rings. The fourth-order valence-electron chi connectivity index (χ4n) is 1.91. The van der Waals surface area contributed by atoms with Gasteiger partial charge in [-0.05, 0) is 24.7 Å². The van der Waals surface area contributed by atoms with Crippen molar-refractivity contribution in [3.63, 3.8) is 0 Å². The van der Waals surface area contributed by atoms with Gasteiger partial charge >= 0.3 is 0 Å².